The molecule has 1 aromatic heterocycles. The lowest BCUT2D eigenvalue weighted by Gasteiger charge is -2.28. The van der Waals surface area contributed by atoms with Crippen LogP contribution in [0.5, 0.6) is 0 Å². The van der Waals surface area contributed by atoms with Crippen molar-refractivity contribution in [3.05, 3.63) is 224 Å². The fraction of sp³-hybridized carbons (Fsp3) is 0. The first-order valence-corrected chi connectivity index (χ1v) is 20.6. The highest BCUT2D eigenvalue weighted by Gasteiger charge is 2.20. The molecule has 0 N–H and O–H groups in total. The molecule has 0 fully saturated rings. The molecule has 11 aromatic carbocycles. The van der Waals surface area contributed by atoms with Crippen LogP contribution in [0, 0.1) is 0 Å². The number of anilines is 3. The lowest BCUT2D eigenvalue weighted by Crippen LogP contribution is -2.10. The van der Waals surface area contributed by atoms with Crippen molar-refractivity contribution >= 4 is 82.1 Å². The van der Waals surface area contributed by atoms with Crippen molar-refractivity contribution in [2.75, 3.05) is 4.90 Å². The molecule has 0 bridgehead atoms. The minimum atomic E-state index is 0.900. The standard InChI is InChI=1S/C58H37NO/c1-2-14-42-36-44(25-24-38(42)12-1)50-35-30-39-13-3-6-17-48(39)57(50)41-28-33-46(34-29-41)59(54-37-43-15-4-5-16-47(43)51-18-7-8-19-52(51)54)45-31-26-40(27-32-45)49-21-11-23-56-58(49)53-20-9-10-22-55(53)60-56/h1-37H. The van der Waals surface area contributed by atoms with Crippen molar-refractivity contribution in [2.45, 2.75) is 0 Å². The fourth-order valence-electron chi connectivity index (χ4n) is 9.41. The molecular weight excluding hydrogens is 727 g/mol. The Morgan fingerprint density at radius 2 is 0.867 bits per heavy atom. The summed E-state index contributed by atoms with van der Waals surface area (Å²) in [5.74, 6) is 0. The first-order valence-electron chi connectivity index (χ1n) is 20.6. The van der Waals surface area contributed by atoms with Gasteiger partial charge in [-0.2, -0.15) is 0 Å². The van der Waals surface area contributed by atoms with E-state index in [-0.39, 0.29) is 0 Å². The van der Waals surface area contributed by atoms with E-state index in [1.807, 2.05) is 12.1 Å². The number of furan rings is 1. The van der Waals surface area contributed by atoms with Crippen LogP contribution in [0.2, 0.25) is 0 Å². The van der Waals surface area contributed by atoms with Gasteiger partial charge in [-0.1, -0.05) is 176 Å². The van der Waals surface area contributed by atoms with E-state index < -0.39 is 0 Å². The molecule has 0 unspecified atom stereocenters. The van der Waals surface area contributed by atoms with E-state index in [1.165, 1.54) is 65.3 Å². The van der Waals surface area contributed by atoms with Gasteiger partial charge in [-0.15, -0.1) is 0 Å². The van der Waals surface area contributed by atoms with Crippen LogP contribution in [0.25, 0.3) is 98.4 Å². The molecule has 0 aliphatic heterocycles. The Labute approximate surface area is 347 Å². The van der Waals surface area contributed by atoms with Crippen LogP contribution in [0.4, 0.5) is 17.1 Å². The Kier molecular flexibility index (Phi) is 7.89. The van der Waals surface area contributed by atoms with Crippen molar-refractivity contribution < 1.29 is 4.42 Å². The molecule has 0 saturated carbocycles. The monoisotopic (exact) mass is 763 g/mol. The zero-order valence-corrected chi connectivity index (χ0v) is 32.7. The molecule has 0 aliphatic carbocycles. The highest BCUT2D eigenvalue weighted by atomic mass is 16.3. The molecule has 0 spiro atoms. The fourth-order valence-corrected chi connectivity index (χ4v) is 9.41. The molecule has 0 aliphatic rings. The minimum Gasteiger partial charge on any atom is -0.456 e. The summed E-state index contributed by atoms with van der Waals surface area (Å²) in [4.78, 5) is 2.42. The minimum absolute atomic E-state index is 0.900. The molecule has 12 aromatic rings. The molecule has 280 valence electrons. The number of nitrogens with zero attached hydrogens (tertiary/aromatic N) is 1. The summed E-state index contributed by atoms with van der Waals surface area (Å²) in [6, 6.07) is 81.4. The lowest BCUT2D eigenvalue weighted by atomic mass is 9.89. The summed E-state index contributed by atoms with van der Waals surface area (Å²) < 4.78 is 6.27. The van der Waals surface area contributed by atoms with Gasteiger partial charge in [0, 0.05) is 27.5 Å². The first kappa shape index (κ1) is 34.1. The third-order valence-electron chi connectivity index (χ3n) is 12.2. The van der Waals surface area contributed by atoms with Crippen LogP contribution < -0.4 is 4.90 Å². The summed E-state index contributed by atoms with van der Waals surface area (Å²) in [6.45, 7) is 0. The predicted molar refractivity (Wildman–Crippen MR) is 255 cm³/mol. The number of hydrogen-bond donors (Lipinski definition) is 0. The maximum absolute atomic E-state index is 6.27. The maximum Gasteiger partial charge on any atom is 0.136 e. The third-order valence-corrected chi connectivity index (χ3v) is 12.2. The molecule has 1 heterocycles. The van der Waals surface area contributed by atoms with Crippen LogP contribution in [-0.4, -0.2) is 0 Å². The second-order valence-electron chi connectivity index (χ2n) is 15.6. The molecular formula is C58H37NO. The predicted octanol–water partition coefficient (Wildman–Crippen LogP) is 16.7. The van der Waals surface area contributed by atoms with Gasteiger partial charge in [0.1, 0.15) is 11.2 Å². The van der Waals surface area contributed by atoms with Gasteiger partial charge in [0.15, 0.2) is 0 Å². The quantitative estimate of drug-likeness (QED) is 0.157. The lowest BCUT2D eigenvalue weighted by molar-refractivity contribution is 0.669. The van der Waals surface area contributed by atoms with Crippen LogP contribution in [-0.2, 0) is 0 Å². The Hall–Kier alpha value is -7.94. The highest BCUT2D eigenvalue weighted by molar-refractivity contribution is 6.15. The number of hydrogen-bond acceptors (Lipinski definition) is 2. The molecule has 12 rings (SSSR count). The Bertz CT molecular complexity index is 3600. The van der Waals surface area contributed by atoms with Crippen molar-refractivity contribution in [1.82, 2.24) is 0 Å². The molecule has 0 radical (unpaired) electrons. The average Bonchev–Trinajstić information content (AvgIpc) is 3.71. The Morgan fingerprint density at radius 1 is 0.300 bits per heavy atom. The van der Waals surface area contributed by atoms with Crippen LogP contribution >= 0.6 is 0 Å². The van der Waals surface area contributed by atoms with Gasteiger partial charge in [-0.05, 0) is 120 Å². The zero-order valence-electron chi connectivity index (χ0n) is 32.7. The van der Waals surface area contributed by atoms with Crippen molar-refractivity contribution in [2.24, 2.45) is 0 Å². The van der Waals surface area contributed by atoms with Gasteiger partial charge in [0.2, 0.25) is 0 Å². The van der Waals surface area contributed by atoms with Crippen LogP contribution in [0.1, 0.15) is 0 Å². The summed E-state index contributed by atoms with van der Waals surface area (Å²) in [7, 11) is 0. The van der Waals surface area contributed by atoms with E-state index in [0.717, 1.165) is 50.1 Å². The Balaban J connectivity index is 1.03. The summed E-state index contributed by atoms with van der Waals surface area (Å²) in [5, 5.41) is 12.1. The van der Waals surface area contributed by atoms with Gasteiger partial charge in [-0.3, -0.25) is 0 Å². The largest absolute Gasteiger partial charge is 0.456 e. The van der Waals surface area contributed by atoms with E-state index in [1.54, 1.807) is 0 Å². The first-order chi connectivity index (χ1) is 29.7. The van der Waals surface area contributed by atoms with Gasteiger partial charge >= 0.3 is 0 Å². The highest BCUT2D eigenvalue weighted by Crippen LogP contribution is 2.45. The van der Waals surface area contributed by atoms with E-state index in [2.05, 4.69) is 217 Å². The second kappa shape index (κ2) is 13.9. The number of fused-ring (bicyclic) bond motifs is 8. The summed E-state index contributed by atoms with van der Waals surface area (Å²) in [5.41, 5.74) is 12.3. The van der Waals surface area contributed by atoms with E-state index in [9.17, 15) is 0 Å². The molecule has 0 amide bonds. The molecule has 0 saturated heterocycles. The smallest absolute Gasteiger partial charge is 0.136 e. The van der Waals surface area contributed by atoms with Crippen molar-refractivity contribution in [3.8, 4) is 33.4 Å². The van der Waals surface area contributed by atoms with E-state index in [4.69, 9.17) is 4.42 Å². The van der Waals surface area contributed by atoms with E-state index in [0.29, 0.717) is 0 Å². The van der Waals surface area contributed by atoms with E-state index >= 15 is 0 Å². The molecule has 60 heavy (non-hydrogen) atoms. The summed E-state index contributed by atoms with van der Waals surface area (Å²) >= 11 is 0. The van der Waals surface area contributed by atoms with Gasteiger partial charge in [0.25, 0.3) is 0 Å². The second-order valence-corrected chi connectivity index (χ2v) is 15.6. The molecule has 2 nitrogen and oxygen atoms in total. The summed E-state index contributed by atoms with van der Waals surface area (Å²) in [6.07, 6.45) is 0. The third kappa shape index (κ3) is 5.57. The number of para-hydroxylation sites is 1. The number of benzene rings is 11. The molecule has 2 heteroatoms. The van der Waals surface area contributed by atoms with Crippen LogP contribution in [0.15, 0.2) is 229 Å². The SMILES string of the molecule is c1ccc2cc(-c3ccc4ccccc4c3-c3ccc(N(c4ccc(-c5cccc6oc7ccccc7c56)cc4)c4cc5ccccc5c5ccccc45)cc3)ccc2c1. The van der Waals surface area contributed by atoms with Gasteiger partial charge in [0.05, 0.1) is 5.69 Å². The van der Waals surface area contributed by atoms with Gasteiger partial charge < -0.3 is 9.32 Å². The molecule has 0 atom stereocenters. The van der Waals surface area contributed by atoms with Crippen molar-refractivity contribution in [1.29, 1.82) is 0 Å². The van der Waals surface area contributed by atoms with Crippen LogP contribution in [0.3, 0.4) is 0 Å². The normalized spacial score (nSPS) is 11.7. The average molecular weight is 764 g/mol. The van der Waals surface area contributed by atoms with Crippen molar-refractivity contribution in [3.63, 3.8) is 0 Å². The topological polar surface area (TPSA) is 16.4 Å². The zero-order chi connectivity index (χ0) is 39.6. The Morgan fingerprint density at radius 3 is 1.65 bits per heavy atom. The van der Waals surface area contributed by atoms with Gasteiger partial charge in [-0.25, -0.2) is 0 Å². The number of rotatable bonds is 6. The maximum atomic E-state index is 6.27.